The van der Waals surface area contributed by atoms with Gasteiger partial charge in [-0.3, -0.25) is 4.90 Å². The molecular formula is C8H12F2N2. The molecule has 0 aliphatic carbocycles. The molecule has 1 rings (SSSR count). The minimum absolute atomic E-state index is 0.193. The fourth-order valence-corrected chi connectivity index (χ4v) is 1.52. The van der Waals surface area contributed by atoms with Crippen molar-refractivity contribution in [2.24, 2.45) is 5.92 Å². The van der Waals surface area contributed by atoms with E-state index in [1.54, 1.807) is 4.90 Å². The smallest absolute Gasteiger partial charge is 0.261 e. The highest BCUT2D eigenvalue weighted by Gasteiger charge is 2.39. The summed E-state index contributed by atoms with van der Waals surface area (Å²) >= 11 is 0. The molecule has 0 amide bonds. The first kappa shape index (κ1) is 9.40. The fourth-order valence-electron chi connectivity index (χ4n) is 1.52. The largest absolute Gasteiger partial charge is 0.296 e. The van der Waals surface area contributed by atoms with Crippen LogP contribution in [0.4, 0.5) is 8.78 Å². The van der Waals surface area contributed by atoms with Gasteiger partial charge in [-0.2, -0.15) is 5.26 Å². The van der Waals surface area contributed by atoms with Gasteiger partial charge >= 0.3 is 0 Å². The first-order valence-electron chi connectivity index (χ1n) is 4.07. The maximum Gasteiger partial charge on any atom is 0.261 e. The van der Waals surface area contributed by atoms with Crippen molar-refractivity contribution >= 4 is 0 Å². The lowest BCUT2D eigenvalue weighted by Crippen LogP contribution is -2.46. The number of hydrogen-bond donors (Lipinski definition) is 0. The zero-order chi connectivity index (χ0) is 9.19. The molecule has 1 fully saturated rings. The lowest BCUT2D eigenvalue weighted by atomic mass is 9.97. The second-order valence-electron chi connectivity index (χ2n) is 3.21. The van der Waals surface area contributed by atoms with Crippen LogP contribution in [-0.4, -0.2) is 30.5 Å². The highest BCUT2D eigenvalue weighted by atomic mass is 19.3. The first-order chi connectivity index (χ1) is 5.57. The zero-order valence-electron chi connectivity index (χ0n) is 7.06. The molecule has 0 spiro atoms. The molecule has 12 heavy (non-hydrogen) atoms. The summed E-state index contributed by atoms with van der Waals surface area (Å²) in [6, 6.07) is 1.90. The molecule has 0 bridgehead atoms. The van der Waals surface area contributed by atoms with Gasteiger partial charge in [0, 0.05) is 13.0 Å². The first-order valence-corrected chi connectivity index (χ1v) is 4.07. The summed E-state index contributed by atoms with van der Waals surface area (Å²) in [7, 11) is 0. The quantitative estimate of drug-likeness (QED) is 0.602. The van der Waals surface area contributed by atoms with E-state index in [0.29, 0.717) is 13.1 Å². The molecular weight excluding hydrogens is 162 g/mol. The van der Waals surface area contributed by atoms with Gasteiger partial charge in [0.25, 0.3) is 5.92 Å². The van der Waals surface area contributed by atoms with E-state index in [4.69, 9.17) is 5.26 Å². The number of likely N-dealkylation sites (tertiary alicyclic amines) is 1. The van der Waals surface area contributed by atoms with Crippen molar-refractivity contribution in [3.05, 3.63) is 0 Å². The Kier molecular flexibility index (Phi) is 2.63. The monoisotopic (exact) mass is 174 g/mol. The second kappa shape index (κ2) is 3.36. The van der Waals surface area contributed by atoms with E-state index >= 15 is 0 Å². The Labute approximate surface area is 70.8 Å². The molecule has 0 saturated carbocycles. The van der Waals surface area contributed by atoms with Gasteiger partial charge in [0.2, 0.25) is 0 Å². The molecule has 4 heteroatoms. The molecule has 0 radical (unpaired) electrons. The predicted octanol–water partition coefficient (Wildman–Crippen LogP) is 1.49. The third-order valence-corrected chi connectivity index (χ3v) is 2.11. The van der Waals surface area contributed by atoms with Gasteiger partial charge in [0.1, 0.15) is 0 Å². The minimum Gasteiger partial charge on any atom is -0.296 e. The van der Waals surface area contributed by atoms with Crippen LogP contribution >= 0.6 is 0 Å². The summed E-state index contributed by atoms with van der Waals surface area (Å²) < 4.78 is 25.8. The Bertz CT molecular complexity index is 198. The van der Waals surface area contributed by atoms with Gasteiger partial charge in [-0.05, 0) is 6.54 Å². The van der Waals surface area contributed by atoms with Crippen molar-refractivity contribution in [1.82, 2.24) is 4.90 Å². The van der Waals surface area contributed by atoms with Crippen molar-refractivity contribution in [2.75, 3.05) is 19.6 Å². The fraction of sp³-hybridized carbons (Fsp3) is 0.875. The Morgan fingerprint density at radius 1 is 1.67 bits per heavy atom. The molecule has 0 aromatic carbocycles. The summed E-state index contributed by atoms with van der Waals surface area (Å²) in [5.74, 6) is -3.18. The lowest BCUT2D eigenvalue weighted by molar-refractivity contribution is -0.0744. The number of nitriles is 1. The average molecular weight is 174 g/mol. The number of hydrogen-bond acceptors (Lipinski definition) is 2. The standard InChI is InChI=1S/C8H12F2N2/c1-2-12-5-7(4-11)3-8(9,10)6-12/h7H,2-3,5-6H2,1H3/t7-/m0/s1. The second-order valence-corrected chi connectivity index (χ2v) is 3.21. The van der Waals surface area contributed by atoms with E-state index in [1.807, 2.05) is 13.0 Å². The number of halogens is 2. The average Bonchev–Trinajstić information content (AvgIpc) is 2.01. The van der Waals surface area contributed by atoms with Crippen LogP contribution in [0.25, 0.3) is 0 Å². The molecule has 0 N–H and O–H groups in total. The van der Waals surface area contributed by atoms with Gasteiger partial charge in [0.05, 0.1) is 18.5 Å². The Morgan fingerprint density at radius 2 is 2.33 bits per heavy atom. The SMILES string of the molecule is CCN1C[C@H](C#N)CC(F)(F)C1. The van der Waals surface area contributed by atoms with Gasteiger partial charge in [-0.25, -0.2) is 8.78 Å². The van der Waals surface area contributed by atoms with E-state index in [-0.39, 0.29) is 13.0 Å². The van der Waals surface area contributed by atoms with Crippen LogP contribution in [0.1, 0.15) is 13.3 Å². The number of nitrogens with zero attached hydrogens (tertiary/aromatic N) is 2. The van der Waals surface area contributed by atoms with Crippen LogP contribution in [0.3, 0.4) is 0 Å². The molecule has 0 aromatic rings. The Morgan fingerprint density at radius 3 is 2.83 bits per heavy atom. The lowest BCUT2D eigenvalue weighted by Gasteiger charge is -2.34. The molecule has 0 aromatic heterocycles. The van der Waals surface area contributed by atoms with Crippen LogP contribution in [0.2, 0.25) is 0 Å². The van der Waals surface area contributed by atoms with Crippen molar-refractivity contribution in [2.45, 2.75) is 19.3 Å². The summed E-state index contributed by atoms with van der Waals surface area (Å²) in [6.07, 6.45) is -0.278. The van der Waals surface area contributed by atoms with Gasteiger partial charge in [-0.1, -0.05) is 6.92 Å². The van der Waals surface area contributed by atoms with Crippen LogP contribution in [0.5, 0.6) is 0 Å². The Balaban J connectivity index is 2.60. The third-order valence-electron chi connectivity index (χ3n) is 2.11. The molecule has 1 aliphatic rings. The summed E-state index contributed by atoms with van der Waals surface area (Å²) in [5.41, 5.74) is 0. The molecule has 1 atom stereocenters. The third kappa shape index (κ3) is 2.15. The van der Waals surface area contributed by atoms with Gasteiger partial charge in [0.15, 0.2) is 0 Å². The van der Waals surface area contributed by atoms with E-state index in [1.165, 1.54) is 0 Å². The van der Waals surface area contributed by atoms with Crippen LogP contribution in [-0.2, 0) is 0 Å². The maximum absolute atomic E-state index is 12.9. The van der Waals surface area contributed by atoms with E-state index in [0.717, 1.165) is 0 Å². The topological polar surface area (TPSA) is 27.0 Å². The Hall–Kier alpha value is -0.690. The van der Waals surface area contributed by atoms with Gasteiger partial charge in [-0.15, -0.1) is 0 Å². The molecule has 1 aliphatic heterocycles. The molecule has 1 saturated heterocycles. The molecule has 1 heterocycles. The highest BCUT2D eigenvalue weighted by Crippen LogP contribution is 2.29. The van der Waals surface area contributed by atoms with Crippen molar-refractivity contribution < 1.29 is 8.78 Å². The molecule has 68 valence electrons. The summed E-state index contributed by atoms with van der Waals surface area (Å²) in [5, 5.41) is 8.53. The molecule has 0 unspecified atom stereocenters. The van der Waals surface area contributed by atoms with Crippen LogP contribution in [0, 0.1) is 17.2 Å². The number of alkyl halides is 2. The van der Waals surface area contributed by atoms with E-state index in [9.17, 15) is 8.78 Å². The highest BCUT2D eigenvalue weighted by molar-refractivity contribution is 4.94. The summed E-state index contributed by atoms with van der Waals surface area (Å²) in [6.45, 7) is 2.72. The van der Waals surface area contributed by atoms with Crippen molar-refractivity contribution in [3.8, 4) is 6.07 Å². The zero-order valence-corrected chi connectivity index (χ0v) is 7.06. The predicted molar refractivity (Wildman–Crippen MR) is 40.8 cm³/mol. The minimum atomic E-state index is -2.67. The normalized spacial score (nSPS) is 29.7. The van der Waals surface area contributed by atoms with Crippen LogP contribution < -0.4 is 0 Å². The number of piperidine rings is 1. The van der Waals surface area contributed by atoms with E-state index in [2.05, 4.69) is 0 Å². The van der Waals surface area contributed by atoms with Crippen molar-refractivity contribution in [1.29, 1.82) is 5.26 Å². The van der Waals surface area contributed by atoms with Crippen molar-refractivity contribution in [3.63, 3.8) is 0 Å². The van der Waals surface area contributed by atoms with Crippen LogP contribution in [0.15, 0.2) is 0 Å². The molecule has 2 nitrogen and oxygen atoms in total. The van der Waals surface area contributed by atoms with Gasteiger partial charge < -0.3 is 0 Å². The maximum atomic E-state index is 12.9. The number of rotatable bonds is 1. The summed E-state index contributed by atoms with van der Waals surface area (Å²) in [4.78, 5) is 1.62. The van der Waals surface area contributed by atoms with E-state index < -0.39 is 11.8 Å².